The topological polar surface area (TPSA) is 35.5 Å². The third-order valence-electron chi connectivity index (χ3n) is 3.11. The van der Waals surface area contributed by atoms with E-state index < -0.39 is 0 Å². The molecule has 3 saturated heterocycles. The van der Waals surface area contributed by atoms with Gasteiger partial charge in [0.25, 0.3) is 0 Å². The van der Waals surface area contributed by atoms with E-state index in [1.54, 1.807) is 0 Å². The van der Waals surface area contributed by atoms with E-state index in [1.807, 2.05) is 0 Å². The van der Waals surface area contributed by atoms with Gasteiger partial charge in [-0.3, -0.25) is 4.79 Å². The Morgan fingerprint density at radius 1 is 1.27 bits per heavy atom. The summed E-state index contributed by atoms with van der Waals surface area (Å²) in [5.74, 6) is 0.456. The van der Waals surface area contributed by atoms with Crippen LogP contribution >= 0.6 is 0 Å². The van der Waals surface area contributed by atoms with Gasteiger partial charge in [-0.2, -0.15) is 0 Å². The Morgan fingerprint density at radius 2 is 2.09 bits per heavy atom. The Balaban J connectivity index is 1.97. The predicted octanol–water partition coefficient (Wildman–Crippen LogP) is 0.337. The van der Waals surface area contributed by atoms with Crippen molar-refractivity contribution in [2.24, 2.45) is 11.8 Å². The van der Waals surface area contributed by atoms with E-state index in [4.69, 9.17) is 9.47 Å². The molecule has 0 aromatic rings. The van der Waals surface area contributed by atoms with Crippen molar-refractivity contribution in [1.82, 2.24) is 0 Å². The highest BCUT2D eigenvalue weighted by Gasteiger charge is 2.56. The highest BCUT2D eigenvalue weighted by molar-refractivity contribution is 5.76. The molecule has 0 amide bonds. The lowest BCUT2D eigenvalue weighted by Crippen LogP contribution is -2.27. The smallest absolute Gasteiger partial charge is 0.312 e. The van der Waals surface area contributed by atoms with Gasteiger partial charge in [0.2, 0.25) is 0 Å². The second kappa shape index (κ2) is 1.78. The summed E-state index contributed by atoms with van der Waals surface area (Å²) in [5, 5.41) is 0. The Morgan fingerprint density at radius 3 is 2.91 bits per heavy atom. The predicted molar refractivity (Wildman–Crippen MR) is 35.8 cm³/mol. The third kappa shape index (κ3) is 0.601. The minimum Gasteiger partial charge on any atom is -0.465 e. The maximum absolute atomic E-state index is 11.1. The number of ether oxygens (including phenoxy) is 2. The van der Waals surface area contributed by atoms with Gasteiger partial charge >= 0.3 is 5.97 Å². The summed E-state index contributed by atoms with van der Waals surface area (Å²) < 4.78 is 10.6. The SMILES string of the molecule is O=C1OCC2C1C1CC[C@@H]2O1. The van der Waals surface area contributed by atoms with Gasteiger partial charge in [-0.1, -0.05) is 0 Å². The lowest BCUT2D eigenvalue weighted by molar-refractivity contribution is -0.143. The fraction of sp³-hybridized carbons (Fsp3) is 0.875. The number of rotatable bonds is 0. The van der Waals surface area contributed by atoms with Crippen molar-refractivity contribution < 1.29 is 14.3 Å². The van der Waals surface area contributed by atoms with E-state index in [0.29, 0.717) is 18.6 Å². The summed E-state index contributed by atoms with van der Waals surface area (Å²) >= 11 is 0. The number of hydrogen-bond donors (Lipinski definition) is 0. The number of carbonyl (C=O) groups is 1. The molecule has 3 aliphatic heterocycles. The molecule has 0 aromatic carbocycles. The van der Waals surface area contributed by atoms with Crippen molar-refractivity contribution >= 4 is 5.97 Å². The van der Waals surface area contributed by atoms with E-state index >= 15 is 0 Å². The summed E-state index contributed by atoms with van der Waals surface area (Å²) in [6.07, 6.45) is 2.71. The van der Waals surface area contributed by atoms with Crippen LogP contribution in [0, 0.1) is 11.8 Å². The van der Waals surface area contributed by atoms with E-state index in [2.05, 4.69) is 0 Å². The van der Waals surface area contributed by atoms with E-state index in [-0.39, 0.29) is 18.0 Å². The van der Waals surface area contributed by atoms with Crippen LogP contribution < -0.4 is 0 Å². The van der Waals surface area contributed by atoms with Crippen molar-refractivity contribution in [3.05, 3.63) is 0 Å². The van der Waals surface area contributed by atoms with E-state index in [9.17, 15) is 4.79 Å². The lowest BCUT2D eigenvalue weighted by Gasteiger charge is -2.14. The molecule has 11 heavy (non-hydrogen) atoms. The van der Waals surface area contributed by atoms with Gasteiger partial charge in [-0.05, 0) is 12.8 Å². The molecule has 3 rings (SSSR count). The van der Waals surface area contributed by atoms with E-state index in [0.717, 1.165) is 12.8 Å². The van der Waals surface area contributed by atoms with E-state index in [1.165, 1.54) is 0 Å². The molecule has 0 N–H and O–H groups in total. The summed E-state index contributed by atoms with van der Waals surface area (Å²) in [5.41, 5.74) is 0. The number of esters is 1. The van der Waals surface area contributed by atoms with Crippen LogP contribution in [0.1, 0.15) is 12.8 Å². The number of hydrogen-bond acceptors (Lipinski definition) is 3. The zero-order chi connectivity index (χ0) is 7.42. The van der Waals surface area contributed by atoms with Crippen molar-refractivity contribution in [3.63, 3.8) is 0 Å². The molecule has 0 spiro atoms. The first-order valence-corrected chi connectivity index (χ1v) is 4.18. The number of cyclic esters (lactones) is 1. The number of fused-ring (bicyclic) bond motifs is 5. The molecule has 3 fully saturated rings. The average Bonchev–Trinajstić information content (AvgIpc) is 2.60. The van der Waals surface area contributed by atoms with Crippen LogP contribution in [0.4, 0.5) is 0 Å². The van der Waals surface area contributed by atoms with Gasteiger partial charge < -0.3 is 9.47 Å². The summed E-state index contributed by atoms with van der Waals surface area (Å²) in [7, 11) is 0. The van der Waals surface area contributed by atoms with Gasteiger partial charge in [0, 0.05) is 5.92 Å². The third-order valence-corrected chi connectivity index (χ3v) is 3.11. The maximum Gasteiger partial charge on any atom is 0.312 e. The molecule has 4 atom stereocenters. The normalized spacial score (nSPS) is 52.9. The molecular formula is C8H10O3. The monoisotopic (exact) mass is 154 g/mol. The van der Waals surface area contributed by atoms with Gasteiger partial charge in [0.05, 0.1) is 24.7 Å². The zero-order valence-electron chi connectivity index (χ0n) is 6.16. The van der Waals surface area contributed by atoms with Crippen molar-refractivity contribution in [1.29, 1.82) is 0 Å². The first-order valence-electron chi connectivity index (χ1n) is 4.18. The first kappa shape index (κ1) is 6.00. The van der Waals surface area contributed by atoms with Gasteiger partial charge in [-0.25, -0.2) is 0 Å². The highest BCUT2D eigenvalue weighted by Crippen LogP contribution is 2.46. The minimum absolute atomic E-state index is 0.0257. The Kier molecular flexibility index (Phi) is 0.969. The molecule has 3 nitrogen and oxygen atoms in total. The highest BCUT2D eigenvalue weighted by atomic mass is 16.6. The molecule has 3 unspecified atom stereocenters. The average molecular weight is 154 g/mol. The molecule has 60 valence electrons. The molecule has 3 heteroatoms. The number of carbonyl (C=O) groups excluding carboxylic acids is 1. The minimum atomic E-state index is -0.0257. The largest absolute Gasteiger partial charge is 0.465 e. The fourth-order valence-corrected chi connectivity index (χ4v) is 2.59. The molecular weight excluding hydrogens is 144 g/mol. The van der Waals surface area contributed by atoms with Crippen LogP contribution in [-0.2, 0) is 14.3 Å². The quantitative estimate of drug-likeness (QED) is 0.472. The van der Waals surface area contributed by atoms with Crippen LogP contribution in [0.3, 0.4) is 0 Å². The van der Waals surface area contributed by atoms with Crippen molar-refractivity contribution in [3.8, 4) is 0 Å². The second-order valence-electron chi connectivity index (χ2n) is 3.61. The Bertz CT molecular complexity index is 213. The Labute approximate surface area is 64.7 Å². The van der Waals surface area contributed by atoms with Crippen LogP contribution in [0.2, 0.25) is 0 Å². The molecule has 2 bridgehead atoms. The maximum atomic E-state index is 11.1. The lowest BCUT2D eigenvalue weighted by atomic mass is 9.81. The summed E-state index contributed by atoms with van der Waals surface area (Å²) in [6, 6.07) is 0. The molecule has 0 radical (unpaired) electrons. The standard InChI is InChI=1S/C8H10O3/c9-8-7-4(3-10-8)5-1-2-6(7)11-5/h4-7H,1-3H2/t4?,5-,6?,7?/m0/s1. The first-order chi connectivity index (χ1) is 5.36. The molecule has 0 saturated carbocycles. The van der Waals surface area contributed by atoms with Crippen LogP contribution in [0.5, 0.6) is 0 Å². The van der Waals surface area contributed by atoms with Crippen molar-refractivity contribution in [2.75, 3.05) is 6.61 Å². The zero-order valence-corrected chi connectivity index (χ0v) is 6.16. The second-order valence-corrected chi connectivity index (χ2v) is 3.61. The van der Waals surface area contributed by atoms with Gasteiger partial charge in [-0.15, -0.1) is 0 Å². The van der Waals surface area contributed by atoms with Crippen LogP contribution in [0.25, 0.3) is 0 Å². The molecule has 3 heterocycles. The Hall–Kier alpha value is -0.570. The molecule has 0 aliphatic carbocycles. The fourth-order valence-electron chi connectivity index (χ4n) is 2.59. The molecule has 0 aromatic heterocycles. The van der Waals surface area contributed by atoms with Gasteiger partial charge in [0.15, 0.2) is 0 Å². The van der Waals surface area contributed by atoms with Crippen LogP contribution in [0.15, 0.2) is 0 Å². The van der Waals surface area contributed by atoms with Crippen molar-refractivity contribution in [2.45, 2.75) is 25.0 Å². The summed E-state index contributed by atoms with van der Waals surface area (Å²) in [4.78, 5) is 11.1. The summed E-state index contributed by atoms with van der Waals surface area (Å²) in [6.45, 7) is 0.602. The van der Waals surface area contributed by atoms with Crippen LogP contribution in [-0.4, -0.2) is 24.8 Å². The van der Waals surface area contributed by atoms with Gasteiger partial charge in [0.1, 0.15) is 0 Å². The molecule has 3 aliphatic rings.